The molecule has 0 aromatic heterocycles. The van der Waals surface area contributed by atoms with Gasteiger partial charge in [0.2, 0.25) is 0 Å². The summed E-state index contributed by atoms with van der Waals surface area (Å²) in [5, 5.41) is 2.64. The van der Waals surface area contributed by atoms with Gasteiger partial charge in [-0.3, -0.25) is 4.99 Å². The summed E-state index contributed by atoms with van der Waals surface area (Å²) in [4.78, 5) is 6.72. The lowest BCUT2D eigenvalue weighted by atomic mass is 10.0. The number of nitrogens with zero attached hydrogens (tertiary/aromatic N) is 2. The normalized spacial score (nSPS) is 17.7. The van der Waals surface area contributed by atoms with Crippen molar-refractivity contribution in [2.75, 3.05) is 19.6 Å². The molecule has 122 valence electrons. The first-order valence-electron chi connectivity index (χ1n) is 8.53. The number of rotatable bonds is 7. The molecule has 0 aliphatic carbocycles. The molecular weight excluding hydrogens is 284 g/mol. The maximum atomic E-state index is 6.10. The average molecular weight is 310 g/mol. The molecule has 4 nitrogen and oxygen atoms in total. The highest BCUT2D eigenvalue weighted by atomic mass is 15.3. The lowest BCUT2D eigenvalue weighted by molar-refractivity contribution is 0.320. The molecule has 1 aliphatic heterocycles. The molecule has 0 bridgehead atoms. The zero-order valence-electron chi connectivity index (χ0n) is 13.6. The lowest BCUT2D eigenvalue weighted by Gasteiger charge is -2.26. The van der Waals surface area contributed by atoms with Crippen LogP contribution in [0.3, 0.4) is 0 Å². The Hall–Kier alpha value is -2.07. The summed E-state index contributed by atoms with van der Waals surface area (Å²) in [6, 6.07) is 15.5. The third-order valence-electron chi connectivity index (χ3n) is 4.69. The first kappa shape index (κ1) is 15.8. The van der Waals surface area contributed by atoms with E-state index in [4.69, 9.17) is 11.5 Å². The highest BCUT2D eigenvalue weighted by molar-refractivity contribution is 5.85. The summed E-state index contributed by atoms with van der Waals surface area (Å²) in [7, 11) is 0. The van der Waals surface area contributed by atoms with E-state index in [1.165, 1.54) is 16.3 Å². The van der Waals surface area contributed by atoms with Crippen LogP contribution in [0.1, 0.15) is 24.8 Å². The van der Waals surface area contributed by atoms with Crippen molar-refractivity contribution in [1.29, 1.82) is 0 Å². The maximum Gasteiger partial charge on any atom is 0.191 e. The van der Waals surface area contributed by atoms with E-state index in [0.717, 1.165) is 45.3 Å². The molecule has 1 unspecified atom stereocenters. The molecule has 4 heteroatoms. The molecule has 1 atom stereocenters. The predicted octanol–water partition coefficient (Wildman–Crippen LogP) is 2.51. The number of unbranched alkanes of at least 4 members (excludes halogenated alkanes) is 1. The third kappa shape index (κ3) is 3.64. The second kappa shape index (κ2) is 7.47. The highest BCUT2D eigenvalue weighted by Crippen LogP contribution is 2.21. The Labute approximate surface area is 138 Å². The monoisotopic (exact) mass is 310 g/mol. The van der Waals surface area contributed by atoms with Crippen LogP contribution < -0.4 is 11.5 Å². The van der Waals surface area contributed by atoms with E-state index in [2.05, 4.69) is 52.4 Å². The molecule has 4 N–H and O–H groups in total. The molecule has 0 fully saturated rings. The zero-order valence-corrected chi connectivity index (χ0v) is 13.6. The lowest BCUT2D eigenvalue weighted by Crippen LogP contribution is -2.42. The van der Waals surface area contributed by atoms with E-state index in [1.807, 2.05) is 0 Å². The molecule has 1 aliphatic rings. The fourth-order valence-electron chi connectivity index (χ4n) is 3.40. The summed E-state index contributed by atoms with van der Waals surface area (Å²) in [5.41, 5.74) is 13.1. The Balaban J connectivity index is 1.67. The minimum Gasteiger partial charge on any atom is -0.370 e. The molecule has 0 spiro atoms. The van der Waals surface area contributed by atoms with Crippen molar-refractivity contribution < 1.29 is 0 Å². The Kier molecular flexibility index (Phi) is 5.13. The Morgan fingerprint density at radius 2 is 1.91 bits per heavy atom. The van der Waals surface area contributed by atoms with Gasteiger partial charge in [0.15, 0.2) is 5.96 Å². The van der Waals surface area contributed by atoms with Crippen LogP contribution in [-0.4, -0.2) is 36.5 Å². The fourth-order valence-corrected chi connectivity index (χ4v) is 3.40. The summed E-state index contributed by atoms with van der Waals surface area (Å²) in [5.74, 6) is 0.697. The fraction of sp³-hybridized carbons (Fsp3) is 0.421. The van der Waals surface area contributed by atoms with Gasteiger partial charge in [-0.1, -0.05) is 48.9 Å². The first-order chi connectivity index (χ1) is 11.3. The van der Waals surface area contributed by atoms with Gasteiger partial charge < -0.3 is 16.4 Å². The number of guanidine groups is 1. The second-order valence-corrected chi connectivity index (χ2v) is 6.22. The summed E-state index contributed by atoms with van der Waals surface area (Å²) < 4.78 is 0. The van der Waals surface area contributed by atoms with E-state index >= 15 is 0 Å². The van der Waals surface area contributed by atoms with Gasteiger partial charge >= 0.3 is 0 Å². The van der Waals surface area contributed by atoms with Crippen molar-refractivity contribution in [3.8, 4) is 0 Å². The van der Waals surface area contributed by atoms with Crippen molar-refractivity contribution in [3.05, 3.63) is 48.0 Å². The number of hydrogen-bond acceptors (Lipinski definition) is 4. The molecule has 23 heavy (non-hydrogen) atoms. The standard InChI is InChI=1S/C19H26N4/c20-12-4-3-9-17-14-22-19(21)23(17)13-11-16-8-5-7-15-6-1-2-10-18(15)16/h1-2,5-8,10,17H,3-4,9,11-14,20H2,(H2,21,22). The van der Waals surface area contributed by atoms with Crippen molar-refractivity contribution in [2.24, 2.45) is 16.5 Å². The number of hydrogen-bond donors (Lipinski definition) is 2. The van der Waals surface area contributed by atoms with E-state index < -0.39 is 0 Å². The molecule has 0 amide bonds. The van der Waals surface area contributed by atoms with Crippen LogP contribution in [0.15, 0.2) is 47.5 Å². The molecular formula is C19H26N4. The van der Waals surface area contributed by atoms with E-state index in [-0.39, 0.29) is 0 Å². The van der Waals surface area contributed by atoms with Crippen LogP contribution in [0.25, 0.3) is 10.8 Å². The van der Waals surface area contributed by atoms with E-state index in [0.29, 0.717) is 12.0 Å². The third-order valence-corrected chi connectivity index (χ3v) is 4.69. The van der Waals surface area contributed by atoms with Crippen molar-refractivity contribution in [3.63, 3.8) is 0 Å². The average Bonchev–Trinajstić information content (AvgIpc) is 2.93. The summed E-state index contributed by atoms with van der Waals surface area (Å²) in [6.07, 6.45) is 4.34. The molecule has 1 heterocycles. The van der Waals surface area contributed by atoms with Gasteiger partial charge in [-0.05, 0) is 42.1 Å². The van der Waals surface area contributed by atoms with Crippen molar-refractivity contribution in [1.82, 2.24) is 4.90 Å². The van der Waals surface area contributed by atoms with Crippen molar-refractivity contribution in [2.45, 2.75) is 31.7 Å². The summed E-state index contributed by atoms with van der Waals surface area (Å²) >= 11 is 0. The second-order valence-electron chi connectivity index (χ2n) is 6.22. The molecule has 0 saturated carbocycles. The van der Waals surface area contributed by atoms with Crippen LogP contribution in [0.5, 0.6) is 0 Å². The quantitative estimate of drug-likeness (QED) is 0.772. The Morgan fingerprint density at radius 1 is 1.09 bits per heavy atom. The minimum absolute atomic E-state index is 0.441. The van der Waals surface area contributed by atoms with Crippen LogP contribution in [0.4, 0.5) is 0 Å². The van der Waals surface area contributed by atoms with Gasteiger partial charge in [0, 0.05) is 6.54 Å². The highest BCUT2D eigenvalue weighted by Gasteiger charge is 2.25. The van der Waals surface area contributed by atoms with Gasteiger partial charge in [-0.15, -0.1) is 0 Å². The number of nitrogens with two attached hydrogens (primary N) is 2. The molecule has 0 saturated heterocycles. The maximum absolute atomic E-state index is 6.10. The zero-order chi connectivity index (χ0) is 16.1. The molecule has 2 aromatic rings. The van der Waals surface area contributed by atoms with Gasteiger partial charge in [0.05, 0.1) is 12.6 Å². The molecule has 3 rings (SSSR count). The molecule has 2 aromatic carbocycles. The number of aliphatic imine (C=N–C) groups is 1. The van der Waals surface area contributed by atoms with Crippen molar-refractivity contribution >= 4 is 16.7 Å². The summed E-state index contributed by atoms with van der Waals surface area (Å²) in [6.45, 7) is 2.52. The number of fused-ring (bicyclic) bond motifs is 1. The SMILES string of the molecule is NCCCCC1CN=C(N)N1CCc1cccc2ccccc12. The van der Waals surface area contributed by atoms with Gasteiger partial charge in [-0.25, -0.2) is 0 Å². The smallest absolute Gasteiger partial charge is 0.191 e. The number of benzene rings is 2. The van der Waals surface area contributed by atoms with Crippen LogP contribution in [0, 0.1) is 0 Å². The Bertz CT molecular complexity index is 675. The van der Waals surface area contributed by atoms with Crippen LogP contribution >= 0.6 is 0 Å². The topological polar surface area (TPSA) is 67.6 Å². The van der Waals surface area contributed by atoms with Crippen LogP contribution in [0.2, 0.25) is 0 Å². The first-order valence-corrected chi connectivity index (χ1v) is 8.53. The van der Waals surface area contributed by atoms with Gasteiger partial charge in [0.25, 0.3) is 0 Å². The minimum atomic E-state index is 0.441. The van der Waals surface area contributed by atoms with Crippen LogP contribution in [-0.2, 0) is 6.42 Å². The van der Waals surface area contributed by atoms with Gasteiger partial charge in [0.1, 0.15) is 0 Å². The Morgan fingerprint density at radius 3 is 2.78 bits per heavy atom. The largest absolute Gasteiger partial charge is 0.370 e. The van der Waals surface area contributed by atoms with E-state index in [1.54, 1.807) is 0 Å². The van der Waals surface area contributed by atoms with E-state index in [9.17, 15) is 0 Å². The van der Waals surface area contributed by atoms with Gasteiger partial charge in [-0.2, -0.15) is 0 Å². The molecule has 0 radical (unpaired) electrons. The predicted molar refractivity (Wildman–Crippen MR) is 97.5 cm³/mol.